The van der Waals surface area contributed by atoms with Crippen LogP contribution in [0.2, 0.25) is 0 Å². The van der Waals surface area contributed by atoms with Gasteiger partial charge in [-0.3, -0.25) is 24.1 Å². The van der Waals surface area contributed by atoms with E-state index in [1.807, 2.05) is 0 Å². The molecule has 1 rings (SSSR count). The molecule has 7 heteroatoms. The van der Waals surface area contributed by atoms with Gasteiger partial charge in [-0.1, -0.05) is 0 Å². The molecule has 0 aromatic heterocycles. The summed E-state index contributed by atoms with van der Waals surface area (Å²) in [6, 6.07) is 0. The van der Waals surface area contributed by atoms with Gasteiger partial charge in [-0.05, 0) is 12.8 Å². The highest BCUT2D eigenvalue weighted by atomic mass is 16.5. The monoisotopic (exact) mass is 285 g/mol. The predicted octanol–water partition coefficient (Wildman–Crippen LogP) is 0.412. The van der Waals surface area contributed by atoms with Crippen molar-refractivity contribution in [3.05, 3.63) is 0 Å². The normalized spacial score (nSPS) is 14.6. The highest BCUT2D eigenvalue weighted by Gasteiger charge is 2.27. The minimum absolute atomic E-state index is 0.00420. The summed E-state index contributed by atoms with van der Waals surface area (Å²) in [5.74, 6) is -1.17. The Morgan fingerprint density at radius 3 is 2.25 bits per heavy atom. The molecule has 0 aromatic carbocycles. The van der Waals surface area contributed by atoms with E-state index in [4.69, 9.17) is 4.74 Å². The molecule has 0 N–H and O–H groups in total. The molecule has 0 aromatic rings. The molecule has 2 amide bonds. The van der Waals surface area contributed by atoms with Crippen molar-refractivity contribution in [3.8, 4) is 0 Å². The maximum Gasteiger partial charge on any atom is 0.306 e. The molecule has 0 radical (unpaired) electrons. The zero-order valence-electron chi connectivity index (χ0n) is 11.6. The van der Waals surface area contributed by atoms with E-state index in [9.17, 15) is 19.2 Å². The average molecular weight is 285 g/mol. The number of nitrogens with zero attached hydrogens (tertiary/aromatic N) is 1. The molecule has 112 valence electrons. The molecular weight excluding hydrogens is 266 g/mol. The van der Waals surface area contributed by atoms with E-state index in [0.29, 0.717) is 32.2 Å². The molecule has 0 unspecified atom stereocenters. The topological polar surface area (TPSA) is 90.0 Å². The summed E-state index contributed by atoms with van der Waals surface area (Å²) in [5, 5.41) is 0. The van der Waals surface area contributed by atoms with E-state index in [-0.39, 0.29) is 31.3 Å². The van der Waals surface area contributed by atoms with Crippen molar-refractivity contribution in [2.45, 2.75) is 38.5 Å². The second-order valence-corrected chi connectivity index (χ2v) is 4.44. The molecule has 1 fully saturated rings. The molecule has 1 aliphatic rings. The molecule has 0 atom stereocenters. The number of likely N-dealkylation sites (tertiary alicyclic amines) is 1. The van der Waals surface area contributed by atoms with E-state index in [1.54, 1.807) is 0 Å². The molecule has 0 saturated carbocycles. The third-order valence-corrected chi connectivity index (χ3v) is 2.95. The third kappa shape index (κ3) is 5.38. The van der Waals surface area contributed by atoms with Crippen molar-refractivity contribution in [1.29, 1.82) is 0 Å². The smallest absolute Gasteiger partial charge is 0.306 e. The van der Waals surface area contributed by atoms with Crippen molar-refractivity contribution in [3.63, 3.8) is 0 Å². The van der Waals surface area contributed by atoms with E-state index < -0.39 is 11.9 Å². The molecule has 1 heterocycles. The highest BCUT2D eigenvalue weighted by molar-refractivity contribution is 6.01. The van der Waals surface area contributed by atoms with Crippen molar-refractivity contribution in [2.75, 3.05) is 20.3 Å². The average Bonchev–Trinajstić information content (AvgIpc) is 2.75. The van der Waals surface area contributed by atoms with Crippen molar-refractivity contribution < 1.29 is 28.7 Å². The molecule has 1 aliphatic heterocycles. The molecule has 0 aliphatic carbocycles. The fourth-order valence-corrected chi connectivity index (χ4v) is 1.81. The molecular formula is C13H19NO6. The Labute approximate surface area is 117 Å². The number of carbonyl (C=O) groups excluding carboxylic acids is 4. The second-order valence-electron chi connectivity index (χ2n) is 4.44. The van der Waals surface area contributed by atoms with Crippen LogP contribution in [-0.2, 0) is 28.7 Å². The standard InChI is InChI=1S/C13H19NO6/c1-19-12(17)6-7-13(18)20-9-3-2-8-14-10(15)4-5-11(14)16/h2-9H2,1H3. The van der Waals surface area contributed by atoms with E-state index >= 15 is 0 Å². The summed E-state index contributed by atoms with van der Waals surface area (Å²) < 4.78 is 9.32. The van der Waals surface area contributed by atoms with Gasteiger partial charge < -0.3 is 9.47 Å². The Morgan fingerprint density at radius 2 is 1.65 bits per heavy atom. The first-order chi connectivity index (χ1) is 9.54. The van der Waals surface area contributed by atoms with Crippen LogP contribution in [0.4, 0.5) is 0 Å². The van der Waals surface area contributed by atoms with E-state index in [2.05, 4.69) is 4.74 Å². The fraction of sp³-hybridized carbons (Fsp3) is 0.692. The number of rotatable bonds is 8. The van der Waals surface area contributed by atoms with Gasteiger partial charge in [0, 0.05) is 19.4 Å². The van der Waals surface area contributed by atoms with Gasteiger partial charge >= 0.3 is 11.9 Å². The third-order valence-electron chi connectivity index (χ3n) is 2.95. The van der Waals surface area contributed by atoms with Crippen LogP contribution in [0.25, 0.3) is 0 Å². The molecule has 7 nitrogen and oxygen atoms in total. The number of hydrogen-bond donors (Lipinski definition) is 0. The number of imide groups is 1. The lowest BCUT2D eigenvalue weighted by atomic mass is 10.3. The fourth-order valence-electron chi connectivity index (χ4n) is 1.81. The zero-order chi connectivity index (χ0) is 15.0. The van der Waals surface area contributed by atoms with Crippen LogP contribution in [0.3, 0.4) is 0 Å². The Kier molecular flexibility index (Phi) is 6.69. The summed E-state index contributed by atoms with van der Waals surface area (Å²) in [7, 11) is 1.26. The van der Waals surface area contributed by atoms with Gasteiger partial charge in [-0.15, -0.1) is 0 Å². The van der Waals surface area contributed by atoms with E-state index in [1.165, 1.54) is 12.0 Å². The predicted molar refractivity (Wildman–Crippen MR) is 67.4 cm³/mol. The van der Waals surface area contributed by atoms with Crippen molar-refractivity contribution in [2.24, 2.45) is 0 Å². The largest absolute Gasteiger partial charge is 0.469 e. The van der Waals surface area contributed by atoms with Gasteiger partial charge in [0.2, 0.25) is 11.8 Å². The number of carbonyl (C=O) groups is 4. The maximum atomic E-state index is 11.3. The molecule has 0 bridgehead atoms. The Morgan fingerprint density at radius 1 is 1.05 bits per heavy atom. The van der Waals surface area contributed by atoms with Crippen molar-refractivity contribution >= 4 is 23.8 Å². The van der Waals surface area contributed by atoms with Crippen LogP contribution in [0, 0.1) is 0 Å². The summed E-state index contributed by atoms with van der Waals surface area (Å²) >= 11 is 0. The summed E-state index contributed by atoms with van der Waals surface area (Å²) in [6.07, 6.45) is 1.76. The van der Waals surface area contributed by atoms with Gasteiger partial charge in [-0.25, -0.2) is 0 Å². The molecule has 1 saturated heterocycles. The zero-order valence-corrected chi connectivity index (χ0v) is 11.6. The van der Waals surface area contributed by atoms with Crippen LogP contribution < -0.4 is 0 Å². The van der Waals surface area contributed by atoms with Gasteiger partial charge in [0.25, 0.3) is 0 Å². The lowest BCUT2D eigenvalue weighted by molar-refractivity contribution is -0.149. The van der Waals surface area contributed by atoms with Gasteiger partial charge in [0.1, 0.15) is 0 Å². The van der Waals surface area contributed by atoms with Crippen LogP contribution in [0.5, 0.6) is 0 Å². The lowest BCUT2D eigenvalue weighted by Gasteiger charge is -2.13. The summed E-state index contributed by atoms with van der Waals surface area (Å²) in [4.78, 5) is 45.9. The maximum absolute atomic E-state index is 11.3. The van der Waals surface area contributed by atoms with Gasteiger partial charge in [-0.2, -0.15) is 0 Å². The number of unbranched alkanes of at least 4 members (excludes halogenated alkanes) is 1. The van der Waals surface area contributed by atoms with Crippen molar-refractivity contribution in [1.82, 2.24) is 4.90 Å². The van der Waals surface area contributed by atoms with Gasteiger partial charge in [0.15, 0.2) is 0 Å². The highest BCUT2D eigenvalue weighted by Crippen LogP contribution is 2.12. The number of esters is 2. The minimum atomic E-state index is -0.455. The first-order valence-electron chi connectivity index (χ1n) is 6.60. The second kappa shape index (κ2) is 8.29. The number of methoxy groups -OCH3 is 1. The Bertz CT molecular complexity index is 376. The minimum Gasteiger partial charge on any atom is -0.469 e. The van der Waals surface area contributed by atoms with Crippen LogP contribution >= 0.6 is 0 Å². The Balaban J connectivity index is 2.04. The van der Waals surface area contributed by atoms with Crippen LogP contribution in [0.15, 0.2) is 0 Å². The molecule has 20 heavy (non-hydrogen) atoms. The SMILES string of the molecule is COC(=O)CCC(=O)OCCCCN1C(=O)CCC1=O. The Hall–Kier alpha value is -1.92. The number of ether oxygens (including phenoxy) is 2. The van der Waals surface area contributed by atoms with Crippen LogP contribution in [0.1, 0.15) is 38.5 Å². The summed E-state index contributed by atoms with van der Waals surface area (Å²) in [6.45, 7) is 0.591. The number of hydrogen-bond acceptors (Lipinski definition) is 6. The lowest BCUT2D eigenvalue weighted by Crippen LogP contribution is -2.30. The number of amides is 2. The first-order valence-corrected chi connectivity index (χ1v) is 6.60. The summed E-state index contributed by atoms with van der Waals surface area (Å²) in [5.41, 5.74) is 0. The quantitative estimate of drug-likeness (QED) is 0.364. The first kappa shape index (κ1) is 16.1. The van der Waals surface area contributed by atoms with E-state index in [0.717, 1.165) is 0 Å². The molecule has 0 spiro atoms. The van der Waals surface area contributed by atoms with Crippen LogP contribution in [-0.4, -0.2) is 48.9 Å². The van der Waals surface area contributed by atoms with Gasteiger partial charge in [0.05, 0.1) is 26.6 Å².